The van der Waals surface area contributed by atoms with Gasteiger partial charge in [0, 0.05) is 23.7 Å². The van der Waals surface area contributed by atoms with E-state index in [-0.39, 0.29) is 26.5 Å². The van der Waals surface area contributed by atoms with Gasteiger partial charge >= 0.3 is 0 Å². The molecule has 0 spiro atoms. The molecule has 0 saturated carbocycles. The second-order valence-electron chi connectivity index (χ2n) is 7.96. The van der Waals surface area contributed by atoms with E-state index in [1.165, 1.54) is 18.2 Å². The van der Waals surface area contributed by atoms with Crippen molar-refractivity contribution in [2.45, 2.75) is 4.90 Å². The fourth-order valence-corrected chi connectivity index (χ4v) is 5.60. The first-order chi connectivity index (χ1) is 18.2. The molecule has 2 heterocycles. The molecule has 5 rings (SSSR count). The summed E-state index contributed by atoms with van der Waals surface area (Å²) in [4.78, 5) is 31.3. The van der Waals surface area contributed by atoms with E-state index >= 15 is 0 Å². The van der Waals surface area contributed by atoms with Crippen LogP contribution in [-0.4, -0.2) is 29.4 Å². The smallest absolute Gasteiger partial charge is 0.286 e. The molecule has 0 radical (unpaired) electrons. The summed E-state index contributed by atoms with van der Waals surface area (Å²) in [6, 6.07) is 18.3. The lowest BCUT2D eigenvalue weighted by Crippen LogP contribution is -2.13. The number of nitro groups is 1. The molecule has 1 aliphatic rings. The maximum absolute atomic E-state index is 12.7. The highest BCUT2D eigenvalue weighted by Crippen LogP contribution is 2.33. The predicted molar refractivity (Wildman–Crippen MR) is 149 cm³/mol. The monoisotopic (exact) mass is 565 g/mol. The number of pyridine rings is 1. The average Bonchev–Trinajstić information content (AvgIpc) is 3.24. The van der Waals surface area contributed by atoms with Gasteiger partial charge in [-0.05, 0) is 71.9 Å². The molecule has 1 aromatic heterocycles. The Kier molecular flexibility index (Phi) is 6.85. The Morgan fingerprint density at radius 2 is 1.82 bits per heavy atom. The SMILES string of the molecule is O=C1N=C(Nc2cc(NS(=O)(=O)c3ccc([N+](=O)[O-])cc3)ccc2Cl)SC1=Cc1ccc2ncccc2c1. The maximum atomic E-state index is 12.7. The van der Waals surface area contributed by atoms with Gasteiger partial charge in [-0.1, -0.05) is 23.7 Å². The summed E-state index contributed by atoms with van der Waals surface area (Å²) in [5, 5.41) is 15.3. The maximum Gasteiger partial charge on any atom is 0.286 e. The number of halogens is 1. The molecule has 3 aromatic carbocycles. The summed E-state index contributed by atoms with van der Waals surface area (Å²) in [6.07, 6.45) is 3.44. The number of nitrogens with one attached hydrogen (secondary N) is 2. The third kappa shape index (κ3) is 5.52. The Balaban J connectivity index is 1.32. The number of amides is 1. The molecule has 190 valence electrons. The lowest BCUT2D eigenvalue weighted by atomic mass is 10.1. The first kappa shape index (κ1) is 25.4. The number of carbonyl (C=O) groups excluding carboxylic acids is 1. The number of benzene rings is 3. The Hall–Kier alpha value is -4.26. The zero-order valence-electron chi connectivity index (χ0n) is 19.2. The van der Waals surface area contributed by atoms with Gasteiger partial charge < -0.3 is 5.32 Å². The minimum Gasteiger partial charge on any atom is -0.333 e. The van der Waals surface area contributed by atoms with E-state index in [1.807, 2.05) is 30.3 Å². The highest BCUT2D eigenvalue weighted by molar-refractivity contribution is 8.18. The number of aromatic nitrogens is 1. The Bertz CT molecular complexity index is 1770. The molecule has 1 amide bonds. The van der Waals surface area contributed by atoms with Crippen molar-refractivity contribution in [2.24, 2.45) is 4.99 Å². The summed E-state index contributed by atoms with van der Waals surface area (Å²) in [6.45, 7) is 0. The van der Waals surface area contributed by atoms with E-state index in [0.29, 0.717) is 10.6 Å². The molecule has 1 aliphatic heterocycles. The quantitative estimate of drug-likeness (QED) is 0.173. The second-order valence-corrected chi connectivity index (χ2v) is 11.1. The van der Waals surface area contributed by atoms with Crippen LogP contribution in [0.5, 0.6) is 0 Å². The standard InChI is InChI=1S/C25H16ClN5O5S2/c26-20-9-4-17(30-38(35,36)19-7-5-18(6-8-19)31(33)34)14-22(20)28-25-29-24(32)23(37-25)13-15-3-10-21-16(12-15)2-1-11-27-21/h1-14,30H,(H,28,29,32). The molecule has 38 heavy (non-hydrogen) atoms. The van der Waals surface area contributed by atoms with E-state index < -0.39 is 20.9 Å². The molecule has 0 unspecified atom stereocenters. The van der Waals surface area contributed by atoms with Gasteiger partial charge in [-0.25, -0.2) is 8.42 Å². The van der Waals surface area contributed by atoms with Crippen LogP contribution >= 0.6 is 23.4 Å². The van der Waals surface area contributed by atoms with Crippen molar-refractivity contribution in [2.75, 3.05) is 10.0 Å². The number of fused-ring (bicyclic) bond motifs is 1. The van der Waals surface area contributed by atoms with E-state index in [4.69, 9.17) is 11.6 Å². The molecule has 0 fully saturated rings. The van der Waals surface area contributed by atoms with Gasteiger partial charge in [0.1, 0.15) is 0 Å². The van der Waals surface area contributed by atoms with Crippen molar-refractivity contribution in [3.63, 3.8) is 0 Å². The van der Waals surface area contributed by atoms with Crippen LogP contribution in [0.15, 0.2) is 93.8 Å². The number of amidine groups is 1. The van der Waals surface area contributed by atoms with Crippen LogP contribution in [0, 0.1) is 10.1 Å². The van der Waals surface area contributed by atoms with Gasteiger partial charge in [0.15, 0.2) is 5.17 Å². The summed E-state index contributed by atoms with van der Waals surface area (Å²) >= 11 is 7.42. The molecule has 0 saturated heterocycles. The second kappa shape index (κ2) is 10.2. The van der Waals surface area contributed by atoms with E-state index in [9.17, 15) is 23.3 Å². The van der Waals surface area contributed by atoms with Gasteiger partial charge in [0.25, 0.3) is 21.6 Å². The lowest BCUT2D eigenvalue weighted by molar-refractivity contribution is -0.384. The summed E-state index contributed by atoms with van der Waals surface area (Å²) in [7, 11) is -4.03. The van der Waals surface area contributed by atoms with Crippen LogP contribution in [0.2, 0.25) is 5.02 Å². The highest BCUT2D eigenvalue weighted by atomic mass is 35.5. The summed E-state index contributed by atoms with van der Waals surface area (Å²) < 4.78 is 27.9. The summed E-state index contributed by atoms with van der Waals surface area (Å²) in [5.41, 5.74) is 1.95. The first-order valence-electron chi connectivity index (χ1n) is 10.9. The number of thioether (sulfide) groups is 1. The predicted octanol–water partition coefficient (Wildman–Crippen LogP) is 5.68. The van der Waals surface area contributed by atoms with E-state index in [0.717, 1.165) is 52.5 Å². The normalized spacial score (nSPS) is 14.5. The number of non-ortho nitro benzene ring substituents is 1. The van der Waals surface area contributed by atoms with Crippen molar-refractivity contribution in [1.82, 2.24) is 4.98 Å². The molecular weight excluding hydrogens is 550 g/mol. The third-order valence-corrected chi connectivity index (χ3v) is 7.99. The minimum absolute atomic E-state index is 0.145. The molecule has 0 bridgehead atoms. The van der Waals surface area contributed by atoms with Crippen molar-refractivity contribution >= 4 is 78.5 Å². The van der Waals surface area contributed by atoms with Gasteiger partial charge in [0.2, 0.25) is 0 Å². The number of rotatable bonds is 6. The Morgan fingerprint density at radius 1 is 1.03 bits per heavy atom. The number of aliphatic imine (C=N–C) groups is 1. The number of hydrogen-bond acceptors (Lipinski definition) is 8. The molecule has 13 heteroatoms. The number of nitrogens with zero attached hydrogens (tertiary/aromatic N) is 3. The lowest BCUT2D eigenvalue weighted by Gasteiger charge is -2.12. The van der Waals surface area contributed by atoms with Crippen molar-refractivity contribution in [3.05, 3.63) is 105 Å². The number of anilines is 2. The van der Waals surface area contributed by atoms with Crippen molar-refractivity contribution in [3.8, 4) is 0 Å². The van der Waals surface area contributed by atoms with Crippen LogP contribution in [-0.2, 0) is 14.8 Å². The summed E-state index contributed by atoms with van der Waals surface area (Å²) in [5.74, 6) is -0.421. The van der Waals surface area contributed by atoms with Crippen LogP contribution < -0.4 is 10.0 Å². The number of carbonyl (C=O) groups is 1. The van der Waals surface area contributed by atoms with Crippen LogP contribution in [0.3, 0.4) is 0 Å². The van der Waals surface area contributed by atoms with Gasteiger partial charge in [-0.2, -0.15) is 4.99 Å². The van der Waals surface area contributed by atoms with Crippen LogP contribution in [0.1, 0.15) is 5.56 Å². The average molecular weight is 566 g/mol. The van der Waals surface area contributed by atoms with Gasteiger partial charge in [0.05, 0.1) is 36.6 Å². The molecule has 0 atom stereocenters. The fraction of sp³-hybridized carbons (Fsp3) is 0. The highest BCUT2D eigenvalue weighted by Gasteiger charge is 2.23. The minimum atomic E-state index is -4.03. The molecule has 10 nitrogen and oxygen atoms in total. The van der Waals surface area contributed by atoms with Crippen molar-refractivity contribution < 1.29 is 18.1 Å². The molecule has 4 aromatic rings. The zero-order chi connectivity index (χ0) is 26.9. The number of sulfonamides is 1. The topological polar surface area (TPSA) is 144 Å². The fourth-order valence-electron chi connectivity index (χ4n) is 3.56. The Labute approximate surface area is 225 Å². The molecular formula is C25H16ClN5O5S2. The van der Waals surface area contributed by atoms with E-state index in [1.54, 1.807) is 12.3 Å². The molecule has 2 N–H and O–H groups in total. The molecule has 0 aliphatic carbocycles. The van der Waals surface area contributed by atoms with Crippen molar-refractivity contribution in [1.29, 1.82) is 0 Å². The number of hydrogen-bond donors (Lipinski definition) is 2. The van der Waals surface area contributed by atoms with E-state index in [2.05, 4.69) is 20.0 Å². The van der Waals surface area contributed by atoms with Crippen LogP contribution in [0.4, 0.5) is 17.1 Å². The van der Waals surface area contributed by atoms with Crippen LogP contribution in [0.25, 0.3) is 17.0 Å². The van der Waals surface area contributed by atoms with Gasteiger partial charge in [-0.15, -0.1) is 0 Å². The third-order valence-electron chi connectivity index (χ3n) is 5.36. The zero-order valence-corrected chi connectivity index (χ0v) is 21.5. The van der Waals surface area contributed by atoms with Gasteiger partial charge in [-0.3, -0.25) is 24.6 Å². The first-order valence-corrected chi connectivity index (χ1v) is 13.6. The Morgan fingerprint density at radius 3 is 2.58 bits per heavy atom. The largest absolute Gasteiger partial charge is 0.333 e. The number of nitro benzene ring substituents is 1.